The molecule has 1 heterocycles. The van der Waals surface area contributed by atoms with Gasteiger partial charge in [0.1, 0.15) is 6.04 Å². The first-order valence-electron chi connectivity index (χ1n) is 6.78. The Morgan fingerprint density at radius 2 is 2.16 bits per heavy atom. The molecule has 4 nitrogen and oxygen atoms in total. The molecule has 0 aromatic heterocycles. The van der Waals surface area contributed by atoms with Crippen molar-refractivity contribution in [3.05, 3.63) is 35.9 Å². The highest BCUT2D eigenvalue weighted by Gasteiger charge is 2.29. The van der Waals surface area contributed by atoms with Crippen molar-refractivity contribution in [2.24, 2.45) is 0 Å². The number of benzene rings is 1. The molecule has 4 heteroatoms. The minimum absolute atomic E-state index is 0.468. The normalized spacial score (nSPS) is 21.7. The summed E-state index contributed by atoms with van der Waals surface area (Å²) in [6.07, 6.45) is 2.36. The fourth-order valence-electron chi connectivity index (χ4n) is 2.87. The molecule has 19 heavy (non-hydrogen) atoms. The molecule has 1 saturated heterocycles. The van der Waals surface area contributed by atoms with Crippen LogP contribution in [0.15, 0.2) is 30.3 Å². The van der Waals surface area contributed by atoms with Crippen LogP contribution in [0, 0.1) is 0 Å². The molecule has 1 aliphatic heterocycles. The van der Waals surface area contributed by atoms with E-state index in [4.69, 9.17) is 0 Å². The fourth-order valence-corrected chi connectivity index (χ4v) is 2.87. The van der Waals surface area contributed by atoms with Gasteiger partial charge in [-0.05, 0) is 39.0 Å². The summed E-state index contributed by atoms with van der Waals surface area (Å²) in [6, 6.07) is 9.36. The molecule has 0 amide bonds. The Morgan fingerprint density at radius 1 is 1.47 bits per heavy atom. The number of aliphatic carboxylic acids is 1. The molecule has 1 N–H and O–H groups in total. The van der Waals surface area contributed by atoms with Crippen LogP contribution in [0.2, 0.25) is 0 Å². The van der Waals surface area contributed by atoms with Gasteiger partial charge in [0.15, 0.2) is 0 Å². The van der Waals surface area contributed by atoms with Gasteiger partial charge in [-0.1, -0.05) is 30.3 Å². The second kappa shape index (κ2) is 6.17. The molecule has 2 unspecified atom stereocenters. The molecule has 1 fully saturated rings. The van der Waals surface area contributed by atoms with Crippen LogP contribution >= 0.6 is 0 Å². The number of rotatable bonds is 5. The smallest absolute Gasteiger partial charge is 0.325 e. The first-order valence-corrected chi connectivity index (χ1v) is 6.78. The van der Waals surface area contributed by atoms with Gasteiger partial charge in [-0.3, -0.25) is 9.69 Å². The van der Waals surface area contributed by atoms with E-state index in [1.807, 2.05) is 42.3 Å². The van der Waals surface area contributed by atoms with E-state index < -0.39 is 12.0 Å². The van der Waals surface area contributed by atoms with Gasteiger partial charge in [-0.25, -0.2) is 0 Å². The van der Waals surface area contributed by atoms with Crippen LogP contribution in [-0.4, -0.2) is 54.1 Å². The molecule has 0 saturated carbocycles. The molecule has 0 radical (unpaired) electrons. The lowest BCUT2D eigenvalue weighted by Crippen LogP contribution is -2.40. The highest BCUT2D eigenvalue weighted by Crippen LogP contribution is 2.23. The van der Waals surface area contributed by atoms with Gasteiger partial charge in [0.2, 0.25) is 0 Å². The average molecular weight is 262 g/mol. The fraction of sp³-hybridized carbons (Fsp3) is 0.533. The number of likely N-dealkylation sites (tertiary alicyclic amines) is 1. The first kappa shape index (κ1) is 14.0. The minimum atomic E-state index is -0.783. The van der Waals surface area contributed by atoms with Crippen molar-refractivity contribution in [3.8, 4) is 0 Å². The monoisotopic (exact) mass is 262 g/mol. The van der Waals surface area contributed by atoms with E-state index in [2.05, 4.69) is 11.9 Å². The van der Waals surface area contributed by atoms with E-state index >= 15 is 0 Å². The van der Waals surface area contributed by atoms with Crippen LogP contribution < -0.4 is 0 Å². The molecule has 0 bridgehead atoms. The number of carboxylic acids is 1. The van der Waals surface area contributed by atoms with E-state index in [-0.39, 0.29) is 0 Å². The summed E-state index contributed by atoms with van der Waals surface area (Å²) in [5, 5.41) is 9.48. The molecule has 0 aliphatic carbocycles. The summed E-state index contributed by atoms with van der Waals surface area (Å²) in [6.45, 7) is 1.91. The van der Waals surface area contributed by atoms with Gasteiger partial charge in [-0.2, -0.15) is 0 Å². The molecule has 2 atom stereocenters. The standard InChI is InChI=1S/C15H22N2O2/c1-16-10-6-9-13(16)11-17(2)14(15(18)19)12-7-4-3-5-8-12/h3-5,7-8,13-14H,6,9-11H2,1-2H3,(H,18,19). The number of hydrogen-bond donors (Lipinski definition) is 1. The number of likely N-dealkylation sites (N-methyl/N-ethyl adjacent to an activating group) is 2. The third-order valence-electron chi connectivity index (χ3n) is 3.96. The van der Waals surface area contributed by atoms with E-state index in [0.717, 1.165) is 25.1 Å². The van der Waals surface area contributed by atoms with E-state index in [0.29, 0.717) is 6.04 Å². The van der Waals surface area contributed by atoms with Gasteiger partial charge in [-0.15, -0.1) is 0 Å². The Kier molecular flexibility index (Phi) is 4.56. The molecule has 1 aliphatic rings. The molecule has 2 rings (SSSR count). The zero-order valence-electron chi connectivity index (χ0n) is 11.6. The van der Waals surface area contributed by atoms with E-state index in [9.17, 15) is 9.90 Å². The lowest BCUT2D eigenvalue weighted by molar-refractivity contribution is -0.143. The van der Waals surface area contributed by atoms with Gasteiger partial charge in [0, 0.05) is 12.6 Å². The Hall–Kier alpha value is -1.39. The van der Waals surface area contributed by atoms with E-state index in [1.165, 1.54) is 6.42 Å². The maximum Gasteiger partial charge on any atom is 0.325 e. The lowest BCUT2D eigenvalue weighted by Gasteiger charge is -2.30. The molecular weight excluding hydrogens is 240 g/mol. The predicted octanol–water partition coefficient (Wildman–Crippen LogP) is 1.84. The maximum atomic E-state index is 11.5. The van der Waals surface area contributed by atoms with Crippen LogP contribution in [0.25, 0.3) is 0 Å². The number of carboxylic acid groups (broad SMARTS) is 1. The third kappa shape index (κ3) is 3.33. The average Bonchev–Trinajstić information content (AvgIpc) is 2.76. The van der Waals surface area contributed by atoms with Gasteiger partial charge < -0.3 is 10.0 Å². The maximum absolute atomic E-state index is 11.5. The summed E-state index contributed by atoms with van der Waals surface area (Å²) in [7, 11) is 4.02. The Morgan fingerprint density at radius 3 is 2.68 bits per heavy atom. The zero-order valence-corrected chi connectivity index (χ0v) is 11.6. The second-order valence-corrected chi connectivity index (χ2v) is 5.37. The number of carbonyl (C=O) groups is 1. The van der Waals surface area contributed by atoms with Crippen molar-refractivity contribution in [2.75, 3.05) is 27.2 Å². The van der Waals surface area contributed by atoms with Crippen molar-refractivity contribution >= 4 is 5.97 Å². The Balaban J connectivity index is 2.09. The molecule has 1 aromatic carbocycles. The quantitative estimate of drug-likeness (QED) is 0.879. The summed E-state index contributed by atoms with van der Waals surface area (Å²) in [5.41, 5.74) is 0.846. The van der Waals surface area contributed by atoms with Crippen LogP contribution in [-0.2, 0) is 4.79 Å². The summed E-state index contributed by atoms with van der Waals surface area (Å²) in [5.74, 6) is -0.783. The van der Waals surface area contributed by atoms with E-state index in [1.54, 1.807) is 0 Å². The number of nitrogens with zero attached hydrogens (tertiary/aromatic N) is 2. The first-order chi connectivity index (χ1) is 9.09. The van der Waals surface area contributed by atoms with Crippen LogP contribution in [0.3, 0.4) is 0 Å². The van der Waals surface area contributed by atoms with Crippen molar-refractivity contribution in [1.82, 2.24) is 9.80 Å². The topological polar surface area (TPSA) is 43.8 Å². The van der Waals surface area contributed by atoms with Crippen LogP contribution in [0.4, 0.5) is 0 Å². The zero-order chi connectivity index (χ0) is 13.8. The molecular formula is C15H22N2O2. The Labute approximate surface area is 114 Å². The molecule has 0 spiro atoms. The molecule has 104 valence electrons. The highest BCUT2D eigenvalue weighted by atomic mass is 16.4. The SMILES string of the molecule is CN1CCCC1CN(C)C(C(=O)O)c1ccccc1. The van der Waals surface area contributed by atoms with Crippen molar-refractivity contribution < 1.29 is 9.90 Å². The van der Waals surface area contributed by atoms with Crippen molar-refractivity contribution in [3.63, 3.8) is 0 Å². The second-order valence-electron chi connectivity index (χ2n) is 5.37. The third-order valence-corrected chi connectivity index (χ3v) is 3.96. The Bertz CT molecular complexity index is 421. The van der Waals surface area contributed by atoms with Crippen LogP contribution in [0.5, 0.6) is 0 Å². The van der Waals surface area contributed by atoms with Gasteiger partial charge in [0.25, 0.3) is 0 Å². The predicted molar refractivity (Wildman–Crippen MR) is 75.1 cm³/mol. The molecule has 1 aromatic rings. The number of hydrogen-bond acceptors (Lipinski definition) is 3. The summed E-state index contributed by atoms with van der Waals surface area (Å²) < 4.78 is 0. The summed E-state index contributed by atoms with van der Waals surface area (Å²) in [4.78, 5) is 15.8. The highest BCUT2D eigenvalue weighted by molar-refractivity contribution is 5.75. The van der Waals surface area contributed by atoms with Crippen molar-refractivity contribution in [2.45, 2.75) is 24.9 Å². The van der Waals surface area contributed by atoms with Crippen molar-refractivity contribution in [1.29, 1.82) is 0 Å². The van der Waals surface area contributed by atoms with Crippen LogP contribution in [0.1, 0.15) is 24.4 Å². The van der Waals surface area contributed by atoms with Gasteiger partial charge >= 0.3 is 5.97 Å². The minimum Gasteiger partial charge on any atom is -0.480 e. The summed E-state index contributed by atoms with van der Waals surface area (Å²) >= 11 is 0. The lowest BCUT2D eigenvalue weighted by atomic mass is 10.0. The largest absolute Gasteiger partial charge is 0.480 e. The van der Waals surface area contributed by atoms with Gasteiger partial charge in [0.05, 0.1) is 0 Å².